The van der Waals surface area contributed by atoms with Crippen LogP contribution in [-0.4, -0.2) is 15.2 Å². The second-order valence-corrected chi connectivity index (χ2v) is 3.53. The maximum absolute atomic E-state index is 11.3. The number of carbonyl (C=O) groups is 1. The molecule has 0 unspecified atom stereocenters. The Kier molecular flexibility index (Phi) is 2.04. The van der Waals surface area contributed by atoms with Crippen LogP contribution in [-0.2, 0) is 0 Å². The zero-order valence-electron chi connectivity index (χ0n) is 7.91. The third-order valence-electron chi connectivity index (χ3n) is 2.13. The van der Waals surface area contributed by atoms with Crippen LogP contribution in [0.25, 0.3) is 5.52 Å². The van der Waals surface area contributed by atoms with Gasteiger partial charge in [0.2, 0.25) is 0 Å². The van der Waals surface area contributed by atoms with Gasteiger partial charge in [0.1, 0.15) is 0 Å². The van der Waals surface area contributed by atoms with Crippen molar-refractivity contribution < 1.29 is 4.79 Å². The number of hydrogen-bond donors (Lipinski definition) is 0. The van der Waals surface area contributed by atoms with E-state index < -0.39 is 0 Å². The molecule has 72 valence electrons. The minimum atomic E-state index is -0.0822. The van der Waals surface area contributed by atoms with Crippen LogP contribution < -0.4 is 0 Å². The lowest BCUT2D eigenvalue weighted by Crippen LogP contribution is -2.02. The summed E-state index contributed by atoms with van der Waals surface area (Å²) >= 11 is 5.91. The SMILES string of the molecule is CC(=O)c1nc(Cl)c2cccc(C)n12. The molecule has 0 fully saturated rings. The highest BCUT2D eigenvalue weighted by Gasteiger charge is 2.13. The molecule has 0 aromatic carbocycles. The molecule has 0 saturated carbocycles. The molecule has 2 aromatic rings. The number of rotatable bonds is 1. The molecule has 14 heavy (non-hydrogen) atoms. The summed E-state index contributed by atoms with van der Waals surface area (Å²) < 4.78 is 1.77. The molecule has 3 nitrogen and oxygen atoms in total. The Morgan fingerprint density at radius 1 is 1.50 bits per heavy atom. The number of hydrogen-bond acceptors (Lipinski definition) is 2. The van der Waals surface area contributed by atoms with Gasteiger partial charge in [-0.2, -0.15) is 0 Å². The van der Waals surface area contributed by atoms with Gasteiger partial charge in [0, 0.05) is 12.6 Å². The maximum atomic E-state index is 11.3. The molecule has 0 atom stereocenters. The minimum Gasteiger partial charge on any atom is -0.293 e. The van der Waals surface area contributed by atoms with Crippen molar-refractivity contribution in [3.05, 3.63) is 34.9 Å². The summed E-state index contributed by atoms with van der Waals surface area (Å²) in [5.74, 6) is 0.310. The Morgan fingerprint density at radius 2 is 2.21 bits per heavy atom. The Hall–Kier alpha value is -1.35. The van der Waals surface area contributed by atoms with Crippen molar-refractivity contribution in [2.75, 3.05) is 0 Å². The van der Waals surface area contributed by atoms with Crippen LogP contribution in [0.4, 0.5) is 0 Å². The second-order valence-electron chi connectivity index (χ2n) is 3.17. The molecular formula is C10H9ClN2O. The average Bonchev–Trinajstić information content (AvgIpc) is 2.46. The van der Waals surface area contributed by atoms with Crippen LogP contribution in [0.3, 0.4) is 0 Å². The standard InChI is InChI=1S/C10H9ClN2O/c1-6-4-3-5-8-9(11)12-10(7(2)14)13(6)8/h3-5H,1-2H3. The summed E-state index contributed by atoms with van der Waals surface area (Å²) in [6.07, 6.45) is 0. The van der Waals surface area contributed by atoms with Crippen LogP contribution >= 0.6 is 11.6 Å². The first-order valence-electron chi connectivity index (χ1n) is 4.26. The van der Waals surface area contributed by atoms with E-state index in [1.165, 1.54) is 6.92 Å². The number of Topliss-reactive ketones (excluding diaryl/α,β-unsaturated/α-hetero) is 1. The van der Waals surface area contributed by atoms with Crippen molar-refractivity contribution >= 4 is 22.9 Å². The highest BCUT2D eigenvalue weighted by molar-refractivity contribution is 6.33. The summed E-state index contributed by atoms with van der Waals surface area (Å²) in [7, 11) is 0. The molecule has 0 amide bonds. The number of fused-ring (bicyclic) bond motifs is 1. The van der Waals surface area contributed by atoms with Gasteiger partial charge in [-0.25, -0.2) is 4.98 Å². The molecule has 2 aromatic heterocycles. The van der Waals surface area contributed by atoms with Crippen LogP contribution in [0.1, 0.15) is 23.2 Å². The number of aromatic nitrogens is 2. The fourth-order valence-electron chi connectivity index (χ4n) is 1.50. The molecule has 0 radical (unpaired) electrons. The first-order valence-corrected chi connectivity index (χ1v) is 4.63. The monoisotopic (exact) mass is 208 g/mol. The highest BCUT2D eigenvalue weighted by Crippen LogP contribution is 2.19. The predicted molar refractivity (Wildman–Crippen MR) is 54.9 cm³/mol. The lowest BCUT2D eigenvalue weighted by atomic mass is 10.3. The van der Waals surface area contributed by atoms with E-state index in [1.807, 2.05) is 25.1 Å². The van der Waals surface area contributed by atoms with Crippen molar-refractivity contribution in [2.45, 2.75) is 13.8 Å². The first-order chi connectivity index (χ1) is 6.61. The summed E-state index contributed by atoms with van der Waals surface area (Å²) in [4.78, 5) is 15.3. The molecule has 0 aliphatic rings. The fraction of sp³-hybridized carbons (Fsp3) is 0.200. The first kappa shape index (κ1) is 9.21. The highest BCUT2D eigenvalue weighted by atomic mass is 35.5. The van der Waals surface area contributed by atoms with E-state index in [4.69, 9.17) is 11.6 Å². The topological polar surface area (TPSA) is 34.4 Å². The number of halogens is 1. The van der Waals surface area contributed by atoms with Crippen molar-refractivity contribution in [2.24, 2.45) is 0 Å². The van der Waals surface area contributed by atoms with Gasteiger partial charge in [-0.05, 0) is 19.1 Å². The Bertz CT molecular complexity index is 516. The number of imidazole rings is 1. The van der Waals surface area contributed by atoms with Gasteiger partial charge in [0.15, 0.2) is 16.8 Å². The van der Waals surface area contributed by atoms with Gasteiger partial charge in [-0.1, -0.05) is 17.7 Å². The zero-order valence-corrected chi connectivity index (χ0v) is 8.67. The van der Waals surface area contributed by atoms with E-state index in [-0.39, 0.29) is 5.78 Å². The number of carbonyl (C=O) groups excluding carboxylic acids is 1. The van der Waals surface area contributed by atoms with Crippen molar-refractivity contribution in [1.82, 2.24) is 9.38 Å². The predicted octanol–water partition coefficient (Wildman–Crippen LogP) is 2.50. The molecule has 4 heteroatoms. The van der Waals surface area contributed by atoms with Gasteiger partial charge in [-0.3, -0.25) is 9.20 Å². The lowest BCUT2D eigenvalue weighted by molar-refractivity contribution is 0.100. The van der Waals surface area contributed by atoms with Crippen molar-refractivity contribution in [3.63, 3.8) is 0 Å². The molecule has 2 rings (SSSR count). The van der Waals surface area contributed by atoms with E-state index in [9.17, 15) is 4.79 Å². The summed E-state index contributed by atoms with van der Waals surface area (Å²) in [6, 6.07) is 5.65. The number of ketones is 1. The molecule has 0 spiro atoms. The quantitative estimate of drug-likeness (QED) is 0.675. The average molecular weight is 209 g/mol. The van der Waals surface area contributed by atoms with E-state index in [2.05, 4.69) is 4.98 Å². The number of pyridine rings is 1. The maximum Gasteiger partial charge on any atom is 0.195 e. The van der Waals surface area contributed by atoms with Gasteiger partial charge in [0.05, 0.1) is 5.52 Å². The normalized spacial score (nSPS) is 10.8. The largest absolute Gasteiger partial charge is 0.293 e. The number of aryl methyl sites for hydroxylation is 1. The second kappa shape index (κ2) is 3.10. The number of nitrogens with zero attached hydrogens (tertiary/aromatic N) is 2. The third kappa shape index (κ3) is 1.21. The van der Waals surface area contributed by atoms with E-state index in [1.54, 1.807) is 4.40 Å². The van der Waals surface area contributed by atoms with Crippen LogP contribution in [0.2, 0.25) is 5.15 Å². The molecule has 0 aliphatic carbocycles. The van der Waals surface area contributed by atoms with E-state index >= 15 is 0 Å². The van der Waals surface area contributed by atoms with Crippen molar-refractivity contribution in [3.8, 4) is 0 Å². The van der Waals surface area contributed by atoms with Gasteiger partial charge < -0.3 is 0 Å². The van der Waals surface area contributed by atoms with Crippen LogP contribution in [0.5, 0.6) is 0 Å². The lowest BCUT2D eigenvalue weighted by Gasteiger charge is -2.01. The van der Waals surface area contributed by atoms with E-state index in [0.29, 0.717) is 11.0 Å². The van der Waals surface area contributed by atoms with Crippen LogP contribution in [0.15, 0.2) is 18.2 Å². The van der Waals surface area contributed by atoms with Crippen molar-refractivity contribution in [1.29, 1.82) is 0 Å². The molecule has 0 bridgehead atoms. The minimum absolute atomic E-state index is 0.0822. The van der Waals surface area contributed by atoms with Crippen LogP contribution in [0, 0.1) is 6.92 Å². The molecular weight excluding hydrogens is 200 g/mol. The van der Waals surface area contributed by atoms with Gasteiger partial charge in [-0.15, -0.1) is 0 Å². The molecule has 0 saturated heterocycles. The zero-order chi connectivity index (χ0) is 10.3. The molecule has 0 N–H and O–H groups in total. The Morgan fingerprint density at radius 3 is 2.86 bits per heavy atom. The summed E-state index contributed by atoms with van der Waals surface area (Å²) in [5, 5.41) is 0.374. The Labute approximate surface area is 86.3 Å². The third-order valence-corrected chi connectivity index (χ3v) is 2.41. The summed E-state index contributed by atoms with van der Waals surface area (Å²) in [5.41, 5.74) is 1.73. The summed E-state index contributed by atoms with van der Waals surface area (Å²) in [6.45, 7) is 3.40. The molecule has 0 aliphatic heterocycles. The van der Waals surface area contributed by atoms with E-state index in [0.717, 1.165) is 11.2 Å². The molecule has 2 heterocycles. The van der Waals surface area contributed by atoms with Gasteiger partial charge >= 0.3 is 0 Å². The van der Waals surface area contributed by atoms with Gasteiger partial charge in [0.25, 0.3) is 0 Å². The fourth-order valence-corrected chi connectivity index (χ4v) is 1.72. The smallest absolute Gasteiger partial charge is 0.195 e. The Balaban J connectivity index is 2.93.